The number of pyridine rings is 1. The van der Waals surface area contributed by atoms with Crippen LogP contribution in [-0.4, -0.2) is 51.6 Å². The Morgan fingerprint density at radius 1 is 1.09 bits per heavy atom. The Bertz CT molecular complexity index is 1320. The summed E-state index contributed by atoms with van der Waals surface area (Å²) in [5.74, 6) is -0.600. The van der Waals surface area contributed by atoms with Crippen molar-refractivity contribution in [1.29, 1.82) is 0 Å². The van der Waals surface area contributed by atoms with E-state index in [4.69, 9.17) is 4.98 Å². The summed E-state index contributed by atoms with van der Waals surface area (Å²) in [6, 6.07) is 5.76. The molecule has 1 aliphatic heterocycles. The van der Waals surface area contributed by atoms with Crippen LogP contribution in [0.2, 0.25) is 0 Å². The van der Waals surface area contributed by atoms with Crippen molar-refractivity contribution in [1.82, 2.24) is 19.1 Å². The van der Waals surface area contributed by atoms with Crippen LogP contribution in [0.1, 0.15) is 75.0 Å². The molecule has 1 amide bonds. The van der Waals surface area contributed by atoms with Crippen molar-refractivity contribution in [3.63, 3.8) is 0 Å². The smallest absolute Gasteiger partial charge is 0.256 e. The molecule has 1 aliphatic rings. The van der Waals surface area contributed by atoms with E-state index in [9.17, 15) is 18.3 Å². The highest BCUT2D eigenvalue weighted by Gasteiger charge is 2.27. The molecule has 9 nitrogen and oxygen atoms in total. The molecule has 1 saturated heterocycles. The van der Waals surface area contributed by atoms with E-state index in [0.29, 0.717) is 29.7 Å². The van der Waals surface area contributed by atoms with Crippen LogP contribution >= 0.6 is 0 Å². The summed E-state index contributed by atoms with van der Waals surface area (Å²) in [6.07, 6.45) is 4.26. The zero-order chi connectivity index (χ0) is 24.6. The maximum atomic E-state index is 13.3. The Morgan fingerprint density at radius 2 is 1.79 bits per heavy atom. The number of hydrogen-bond donors (Lipinski definition) is 2. The minimum Gasteiger partial charge on any atom is -0.506 e. The number of sulfonamides is 1. The molecule has 2 N–H and O–H groups in total. The molecule has 0 unspecified atom stereocenters. The molecule has 0 aliphatic carbocycles. The number of nitrogens with one attached hydrogen (secondary N) is 1. The molecule has 2 aromatic heterocycles. The van der Waals surface area contributed by atoms with E-state index < -0.39 is 15.9 Å². The molecular formula is C24H31N5O4S. The van der Waals surface area contributed by atoms with Gasteiger partial charge in [0.1, 0.15) is 5.75 Å². The van der Waals surface area contributed by atoms with Crippen molar-refractivity contribution in [2.75, 3.05) is 18.4 Å². The minimum atomic E-state index is -3.71. The van der Waals surface area contributed by atoms with Gasteiger partial charge in [-0.25, -0.2) is 18.1 Å². The number of fused-ring (bicyclic) bond motifs is 1. The van der Waals surface area contributed by atoms with Gasteiger partial charge >= 0.3 is 0 Å². The van der Waals surface area contributed by atoms with Crippen molar-refractivity contribution < 1.29 is 18.3 Å². The van der Waals surface area contributed by atoms with Crippen LogP contribution in [-0.2, 0) is 10.0 Å². The molecule has 3 aromatic rings. The minimum absolute atomic E-state index is 0.0374. The lowest BCUT2D eigenvalue weighted by Gasteiger charge is -2.26. The van der Waals surface area contributed by atoms with E-state index in [-0.39, 0.29) is 28.3 Å². The predicted octanol–water partition coefficient (Wildman–Crippen LogP) is 4.27. The Balaban J connectivity index is 1.71. The molecule has 0 radical (unpaired) electrons. The SMILES string of the molecule is CC(C)c1cc(C(=O)Nc2cc(S(=O)(=O)N3CCCCC3)ccc2O)c2cnn(C(C)C)c2n1. The Morgan fingerprint density at radius 3 is 2.44 bits per heavy atom. The van der Waals surface area contributed by atoms with Gasteiger partial charge in [-0.1, -0.05) is 20.3 Å². The fraction of sp³-hybridized carbons (Fsp3) is 0.458. The summed E-state index contributed by atoms with van der Waals surface area (Å²) in [5.41, 5.74) is 1.75. The number of aromatic hydroxyl groups is 1. The number of aromatic nitrogens is 3. The fourth-order valence-electron chi connectivity index (χ4n) is 4.12. The topological polar surface area (TPSA) is 117 Å². The lowest BCUT2D eigenvalue weighted by Crippen LogP contribution is -2.35. The quantitative estimate of drug-likeness (QED) is 0.504. The van der Waals surface area contributed by atoms with Gasteiger partial charge in [0.25, 0.3) is 5.91 Å². The van der Waals surface area contributed by atoms with Gasteiger partial charge in [0.15, 0.2) is 5.65 Å². The average Bonchev–Trinajstić information content (AvgIpc) is 3.24. The van der Waals surface area contributed by atoms with Crippen molar-refractivity contribution in [3.05, 3.63) is 41.7 Å². The lowest BCUT2D eigenvalue weighted by atomic mass is 10.0. The molecule has 4 rings (SSSR count). The van der Waals surface area contributed by atoms with E-state index in [0.717, 1.165) is 25.0 Å². The Kier molecular flexibility index (Phi) is 6.64. The maximum absolute atomic E-state index is 13.3. The van der Waals surface area contributed by atoms with Gasteiger partial charge in [-0.05, 0) is 56.9 Å². The van der Waals surface area contributed by atoms with Gasteiger partial charge < -0.3 is 10.4 Å². The highest BCUT2D eigenvalue weighted by atomic mass is 32.2. The number of piperidine rings is 1. The summed E-state index contributed by atoms with van der Waals surface area (Å²) in [4.78, 5) is 18.1. The van der Waals surface area contributed by atoms with Crippen LogP contribution in [0.4, 0.5) is 5.69 Å². The van der Waals surface area contributed by atoms with E-state index >= 15 is 0 Å². The first-order valence-corrected chi connectivity index (χ1v) is 13.1. The van der Waals surface area contributed by atoms with Gasteiger partial charge in [0, 0.05) is 24.8 Å². The average molecular weight is 486 g/mol. The predicted molar refractivity (Wildman–Crippen MR) is 131 cm³/mol. The normalized spacial score (nSPS) is 15.4. The molecule has 0 atom stereocenters. The van der Waals surface area contributed by atoms with Crippen molar-refractivity contribution in [3.8, 4) is 5.75 Å². The summed E-state index contributed by atoms with van der Waals surface area (Å²) < 4.78 is 29.4. The Hall–Kier alpha value is -2.98. The zero-order valence-corrected chi connectivity index (χ0v) is 20.8. The number of hydrogen-bond acceptors (Lipinski definition) is 6. The van der Waals surface area contributed by atoms with E-state index in [2.05, 4.69) is 10.4 Å². The lowest BCUT2D eigenvalue weighted by molar-refractivity contribution is 0.102. The second-order valence-electron chi connectivity index (χ2n) is 9.27. The number of phenols is 1. The number of amides is 1. The van der Waals surface area contributed by atoms with Crippen LogP contribution in [0.25, 0.3) is 11.0 Å². The van der Waals surface area contributed by atoms with Gasteiger partial charge in [-0.15, -0.1) is 0 Å². The molecule has 1 aromatic carbocycles. The first-order chi connectivity index (χ1) is 16.1. The number of nitrogens with zero attached hydrogens (tertiary/aromatic N) is 4. The summed E-state index contributed by atoms with van der Waals surface area (Å²) in [7, 11) is -3.71. The number of benzene rings is 1. The third kappa shape index (κ3) is 4.52. The summed E-state index contributed by atoms with van der Waals surface area (Å²) in [5, 5.41) is 18.1. The first kappa shape index (κ1) is 24.2. The first-order valence-electron chi connectivity index (χ1n) is 11.6. The van der Waals surface area contributed by atoms with Crippen molar-refractivity contribution in [2.45, 2.75) is 63.8 Å². The second kappa shape index (κ2) is 9.34. The van der Waals surface area contributed by atoms with E-state index in [1.807, 2.05) is 27.7 Å². The summed E-state index contributed by atoms with van der Waals surface area (Å²) in [6.45, 7) is 8.90. The highest BCUT2D eigenvalue weighted by Crippen LogP contribution is 2.31. The maximum Gasteiger partial charge on any atom is 0.256 e. The van der Waals surface area contributed by atoms with Crippen LogP contribution in [0.15, 0.2) is 35.4 Å². The Labute approximate surface area is 199 Å². The molecule has 34 heavy (non-hydrogen) atoms. The van der Waals surface area contributed by atoms with Gasteiger partial charge in [0.05, 0.1) is 27.7 Å². The van der Waals surface area contributed by atoms with Gasteiger partial charge in [-0.3, -0.25) is 4.79 Å². The number of carbonyl (C=O) groups is 1. The zero-order valence-electron chi connectivity index (χ0n) is 19.9. The number of phenolic OH excluding ortho intramolecular Hbond substituents is 1. The number of carbonyl (C=O) groups excluding carboxylic acids is 1. The van der Waals surface area contributed by atoms with E-state index in [1.165, 1.54) is 22.5 Å². The largest absolute Gasteiger partial charge is 0.506 e. The third-order valence-corrected chi connectivity index (χ3v) is 7.98. The summed E-state index contributed by atoms with van der Waals surface area (Å²) >= 11 is 0. The van der Waals surface area contributed by atoms with Gasteiger partial charge in [-0.2, -0.15) is 9.40 Å². The third-order valence-electron chi connectivity index (χ3n) is 6.08. The fourth-order valence-corrected chi connectivity index (χ4v) is 5.66. The molecule has 3 heterocycles. The van der Waals surface area contributed by atoms with Crippen molar-refractivity contribution >= 4 is 32.7 Å². The van der Waals surface area contributed by atoms with Crippen LogP contribution in [0, 0.1) is 0 Å². The number of anilines is 1. The monoisotopic (exact) mass is 485 g/mol. The number of rotatable bonds is 6. The molecule has 10 heteroatoms. The molecule has 0 spiro atoms. The van der Waals surface area contributed by atoms with Crippen LogP contribution < -0.4 is 5.32 Å². The van der Waals surface area contributed by atoms with E-state index in [1.54, 1.807) is 16.9 Å². The molecule has 182 valence electrons. The van der Waals surface area contributed by atoms with Crippen LogP contribution in [0.3, 0.4) is 0 Å². The molecular weight excluding hydrogens is 454 g/mol. The second-order valence-corrected chi connectivity index (χ2v) is 11.2. The molecule has 0 saturated carbocycles. The van der Waals surface area contributed by atoms with Crippen molar-refractivity contribution in [2.24, 2.45) is 0 Å². The standard InChI is InChI=1S/C24H31N5O4S/c1-15(2)20-13-18(19-14-25-29(16(3)4)23(19)26-20)24(31)27-21-12-17(8-9-22(21)30)34(32,33)28-10-6-5-7-11-28/h8-9,12-16,30H,5-7,10-11H2,1-4H3,(H,27,31). The highest BCUT2D eigenvalue weighted by molar-refractivity contribution is 7.89. The molecule has 1 fully saturated rings. The molecule has 0 bridgehead atoms. The van der Waals surface area contributed by atoms with Crippen LogP contribution in [0.5, 0.6) is 5.75 Å². The van der Waals surface area contributed by atoms with Gasteiger partial charge in [0.2, 0.25) is 10.0 Å².